The molecular weight excluding hydrogens is 260 g/mol. The predicted molar refractivity (Wildman–Crippen MR) is 76.4 cm³/mol. The molecule has 0 spiro atoms. The monoisotopic (exact) mass is 274 g/mol. The van der Waals surface area contributed by atoms with Gasteiger partial charge in [-0.3, -0.25) is 4.79 Å². The summed E-state index contributed by atoms with van der Waals surface area (Å²) in [6.45, 7) is 0.233. The van der Waals surface area contributed by atoms with Crippen molar-refractivity contribution in [1.29, 1.82) is 0 Å². The van der Waals surface area contributed by atoms with Crippen LogP contribution in [0.5, 0.6) is 0 Å². The lowest BCUT2D eigenvalue weighted by molar-refractivity contribution is -0.143. The van der Waals surface area contributed by atoms with Gasteiger partial charge >= 0.3 is 5.97 Å². The maximum atomic E-state index is 12.2. The van der Waals surface area contributed by atoms with Gasteiger partial charge in [-0.15, -0.1) is 11.6 Å². The van der Waals surface area contributed by atoms with E-state index in [1.165, 1.54) is 0 Å². The molecular formula is C16H15ClO2. The summed E-state index contributed by atoms with van der Waals surface area (Å²) in [6, 6.07) is 19.2. The topological polar surface area (TPSA) is 26.3 Å². The highest BCUT2D eigenvalue weighted by atomic mass is 35.5. The van der Waals surface area contributed by atoms with Crippen LogP contribution in [-0.4, -0.2) is 18.5 Å². The fourth-order valence-electron chi connectivity index (χ4n) is 1.98. The van der Waals surface area contributed by atoms with Crippen molar-refractivity contribution >= 4 is 17.6 Å². The van der Waals surface area contributed by atoms with Crippen LogP contribution < -0.4 is 0 Å². The van der Waals surface area contributed by atoms with E-state index in [0.717, 1.165) is 11.1 Å². The van der Waals surface area contributed by atoms with Crippen molar-refractivity contribution in [3.8, 4) is 0 Å². The van der Waals surface area contributed by atoms with Crippen LogP contribution in [0.1, 0.15) is 17.0 Å². The molecule has 0 aromatic heterocycles. The highest BCUT2D eigenvalue weighted by Crippen LogP contribution is 2.25. The molecule has 0 radical (unpaired) electrons. The fraction of sp³-hybridized carbons (Fsp3) is 0.188. The van der Waals surface area contributed by atoms with Gasteiger partial charge in [0.25, 0.3) is 0 Å². The van der Waals surface area contributed by atoms with Crippen molar-refractivity contribution < 1.29 is 9.53 Å². The van der Waals surface area contributed by atoms with Crippen LogP contribution >= 0.6 is 11.6 Å². The van der Waals surface area contributed by atoms with Gasteiger partial charge in [0, 0.05) is 0 Å². The number of carbonyl (C=O) groups is 1. The number of esters is 1. The summed E-state index contributed by atoms with van der Waals surface area (Å²) in [5, 5.41) is 0. The lowest BCUT2D eigenvalue weighted by Crippen LogP contribution is -2.18. The van der Waals surface area contributed by atoms with Crippen molar-refractivity contribution in [1.82, 2.24) is 0 Å². The summed E-state index contributed by atoms with van der Waals surface area (Å²) in [4.78, 5) is 12.2. The van der Waals surface area contributed by atoms with Crippen LogP contribution in [0, 0.1) is 0 Å². The van der Waals surface area contributed by atoms with E-state index in [1.807, 2.05) is 60.7 Å². The Morgan fingerprint density at radius 2 is 1.42 bits per heavy atom. The average molecular weight is 275 g/mol. The first-order chi connectivity index (χ1) is 9.33. The lowest BCUT2D eigenvalue weighted by Gasteiger charge is -2.16. The summed E-state index contributed by atoms with van der Waals surface area (Å²) in [5.74, 6) is -0.356. The zero-order chi connectivity index (χ0) is 13.5. The summed E-state index contributed by atoms with van der Waals surface area (Å²) in [5.41, 5.74) is 1.85. The van der Waals surface area contributed by atoms with Crippen molar-refractivity contribution in [2.24, 2.45) is 0 Å². The molecule has 0 saturated heterocycles. The van der Waals surface area contributed by atoms with Crippen LogP contribution in [0.25, 0.3) is 0 Å². The minimum Gasteiger partial charge on any atom is -0.464 e. The van der Waals surface area contributed by atoms with Gasteiger partial charge in [-0.05, 0) is 11.1 Å². The molecule has 0 saturated carbocycles. The second kappa shape index (κ2) is 6.95. The van der Waals surface area contributed by atoms with E-state index < -0.39 is 5.92 Å². The molecule has 19 heavy (non-hydrogen) atoms. The van der Waals surface area contributed by atoms with Gasteiger partial charge in [0.2, 0.25) is 0 Å². The molecule has 2 aromatic carbocycles. The molecule has 0 aliphatic rings. The van der Waals surface area contributed by atoms with Crippen LogP contribution in [0.15, 0.2) is 60.7 Å². The molecule has 2 aromatic rings. The van der Waals surface area contributed by atoms with Crippen LogP contribution in [0.2, 0.25) is 0 Å². The number of hydrogen-bond donors (Lipinski definition) is 0. The summed E-state index contributed by atoms with van der Waals surface area (Å²) >= 11 is 5.57. The second-order valence-corrected chi connectivity index (χ2v) is 4.49. The molecule has 0 bridgehead atoms. The Morgan fingerprint density at radius 1 is 0.947 bits per heavy atom. The van der Waals surface area contributed by atoms with E-state index in [1.54, 1.807) is 0 Å². The fourth-order valence-corrected chi connectivity index (χ4v) is 2.06. The van der Waals surface area contributed by atoms with Crippen molar-refractivity contribution in [2.75, 3.05) is 12.5 Å². The number of rotatable bonds is 5. The molecule has 0 heterocycles. The number of carbonyl (C=O) groups excluding carboxylic acids is 1. The Hall–Kier alpha value is -1.80. The molecule has 2 rings (SSSR count). The van der Waals surface area contributed by atoms with E-state index >= 15 is 0 Å². The molecule has 3 heteroatoms. The van der Waals surface area contributed by atoms with E-state index in [4.69, 9.17) is 16.3 Å². The molecule has 0 amide bonds. The minimum atomic E-state index is -0.398. The standard InChI is InChI=1S/C16H15ClO2/c17-11-12-19-16(18)15(13-7-3-1-4-8-13)14-9-5-2-6-10-14/h1-10,15H,11-12H2. The van der Waals surface area contributed by atoms with Gasteiger partial charge in [-0.25, -0.2) is 0 Å². The molecule has 0 N–H and O–H groups in total. The largest absolute Gasteiger partial charge is 0.464 e. The second-order valence-electron chi connectivity index (χ2n) is 4.11. The van der Waals surface area contributed by atoms with Crippen molar-refractivity contribution in [3.63, 3.8) is 0 Å². The number of hydrogen-bond acceptors (Lipinski definition) is 2. The maximum absolute atomic E-state index is 12.2. The molecule has 2 nitrogen and oxygen atoms in total. The first-order valence-electron chi connectivity index (χ1n) is 6.15. The molecule has 0 atom stereocenters. The van der Waals surface area contributed by atoms with Gasteiger partial charge in [0.05, 0.1) is 5.88 Å². The third-order valence-electron chi connectivity index (χ3n) is 2.82. The van der Waals surface area contributed by atoms with Gasteiger partial charge in [0.1, 0.15) is 12.5 Å². The first kappa shape index (κ1) is 13.6. The average Bonchev–Trinajstić information content (AvgIpc) is 2.47. The SMILES string of the molecule is O=C(OCCCl)C(c1ccccc1)c1ccccc1. The number of ether oxygens (including phenoxy) is 1. The Morgan fingerprint density at radius 3 is 1.84 bits per heavy atom. The molecule has 0 fully saturated rings. The third kappa shape index (κ3) is 3.58. The predicted octanol–water partition coefficient (Wildman–Crippen LogP) is 3.60. The number of benzene rings is 2. The van der Waals surface area contributed by atoms with E-state index in [2.05, 4.69) is 0 Å². The van der Waals surface area contributed by atoms with Crippen LogP contribution in [0.3, 0.4) is 0 Å². The zero-order valence-electron chi connectivity index (χ0n) is 10.5. The highest BCUT2D eigenvalue weighted by molar-refractivity contribution is 6.18. The van der Waals surface area contributed by atoms with Gasteiger partial charge in [-0.1, -0.05) is 60.7 Å². The van der Waals surface area contributed by atoms with Crippen LogP contribution in [0.4, 0.5) is 0 Å². The number of alkyl halides is 1. The molecule has 0 aliphatic heterocycles. The van der Waals surface area contributed by atoms with E-state index in [-0.39, 0.29) is 12.6 Å². The van der Waals surface area contributed by atoms with Gasteiger partial charge in [0.15, 0.2) is 0 Å². The van der Waals surface area contributed by atoms with Crippen molar-refractivity contribution in [3.05, 3.63) is 71.8 Å². The van der Waals surface area contributed by atoms with E-state index in [9.17, 15) is 4.79 Å². The van der Waals surface area contributed by atoms with Crippen molar-refractivity contribution in [2.45, 2.75) is 5.92 Å². The molecule has 0 unspecified atom stereocenters. The lowest BCUT2D eigenvalue weighted by atomic mass is 9.91. The Bertz CT molecular complexity index is 471. The third-order valence-corrected chi connectivity index (χ3v) is 2.98. The Balaban J connectivity index is 2.31. The summed E-state index contributed by atoms with van der Waals surface area (Å²) in [7, 11) is 0. The normalized spacial score (nSPS) is 10.4. The number of halogens is 1. The first-order valence-corrected chi connectivity index (χ1v) is 6.69. The Kier molecular flexibility index (Phi) is 4.99. The van der Waals surface area contributed by atoms with Crippen LogP contribution in [-0.2, 0) is 9.53 Å². The van der Waals surface area contributed by atoms with Gasteiger partial charge in [-0.2, -0.15) is 0 Å². The maximum Gasteiger partial charge on any atom is 0.317 e. The molecule has 0 aliphatic carbocycles. The van der Waals surface area contributed by atoms with Gasteiger partial charge < -0.3 is 4.74 Å². The smallest absolute Gasteiger partial charge is 0.317 e. The molecule has 98 valence electrons. The van der Waals surface area contributed by atoms with E-state index in [0.29, 0.717) is 5.88 Å². The quantitative estimate of drug-likeness (QED) is 0.615. The summed E-state index contributed by atoms with van der Waals surface area (Å²) < 4.78 is 5.19. The zero-order valence-corrected chi connectivity index (χ0v) is 11.2. The minimum absolute atomic E-state index is 0.233. The Labute approximate surface area is 118 Å². The summed E-state index contributed by atoms with van der Waals surface area (Å²) in [6.07, 6.45) is 0. The highest BCUT2D eigenvalue weighted by Gasteiger charge is 2.23.